The van der Waals surface area contributed by atoms with Crippen LogP contribution in [0.2, 0.25) is 0 Å². The Morgan fingerprint density at radius 1 is 1.21 bits per heavy atom. The molecular weight excluding hydrogens is 223 g/mol. The second-order valence-electron chi connectivity index (χ2n) is 2.85. The van der Waals surface area contributed by atoms with Crippen LogP contribution < -0.4 is 0 Å². The van der Waals surface area contributed by atoms with Gasteiger partial charge in [-0.05, 0) is 5.56 Å². The molecule has 0 fully saturated rings. The molecule has 2 atom stereocenters. The lowest BCUT2D eigenvalue weighted by Gasteiger charge is -2.14. The predicted octanol–water partition coefficient (Wildman–Crippen LogP) is 2.37. The minimum Gasteiger partial charge on any atom is -0.395 e. The number of ether oxygens (including phenoxy) is 1. The van der Waals surface area contributed by atoms with Gasteiger partial charge in [0.25, 0.3) is 0 Å². The Balaban J connectivity index is 2.34. The molecule has 0 aliphatic heterocycles. The Kier molecular flexibility index (Phi) is 5.26. The molecule has 0 saturated carbocycles. The molecule has 78 valence electrons. The van der Waals surface area contributed by atoms with Gasteiger partial charge in [-0.2, -0.15) is 0 Å². The van der Waals surface area contributed by atoms with Crippen molar-refractivity contribution >= 4 is 23.2 Å². The summed E-state index contributed by atoms with van der Waals surface area (Å²) in [7, 11) is 0. The Labute approximate surface area is 93.4 Å². The van der Waals surface area contributed by atoms with Crippen molar-refractivity contribution in [3.8, 4) is 0 Å². The van der Waals surface area contributed by atoms with Crippen molar-refractivity contribution in [2.45, 2.75) is 17.5 Å². The highest BCUT2D eigenvalue weighted by Gasteiger charge is 2.15. The number of aliphatic hydroxyl groups excluding tert-OH is 1. The molecule has 0 spiro atoms. The van der Waals surface area contributed by atoms with E-state index in [1.54, 1.807) is 0 Å². The second kappa shape index (κ2) is 6.25. The van der Waals surface area contributed by atoms with E-state index in [1.807, 2.05) is 30.3 Å². The maximum Gasteiger partial charge on any atom is 0.150 e. The zero-order valence-corrected chi connectivity index (χ0v) is 9.08. The first kappa shape index (κ1) is 11.8. The normalized spacial score (nSPS) is 15.1. The number of benzene rings is 1. The average Bonchev–Trinajstić information content (AvgIpc) is 2.26. The van der Waals surface area contributed by atoms with Gasteiger partial charge < -0.3 is 9.84 Å². The van der Waals surface area contributed by atoms with Crippen molar-refractivity contribution in [1.29, 1.82) is 0 Å². The standard InChI is InChI=1S/C10H12Cl2O2/c11-9(6-13)10(12)14-7-8-4-2-1-3-5-8/h1-5,9-10,13H,6-7H2/t9-,10-/m1/s1. The summed E-state index contributed by atoms with van der Waals surface area (Å²) in [6.45, 7) is 0.211. The fourth-order valence-electron chi connectivity index (χ4n) is 0.937. The molecule has 0 heterocycles. The molecule has 0 aromatic heterocycles. The summed E-state index contributed by atoms with van der Waals surface area (Å²) in [5.74, 6) is 0. The summed E-state index contributed by atoms with van der Waals surface area (Å²) in [6.07, 6.45) is 0. The van der Waals surface area contributed by atoms with Crippen LogP contribution in [-0.4, -0.2) is 22.7 Å². The molecule has 2 nitrogen and oxygen atoms in total. The predicted molar refractivity (Wildman–Crippen MR) is 57.6 cm³/mol. The van der Waals surface area contributed by atoms with Crippen LogP contribution in [0, 0.1) is 0 Å². The highest BCUT2D eigenvalue weighted by atomic mass is 35.5. The largest absolute Gasteiger partial charge is 0.395 e. The number of rotatable bonds is 5. The van der Waals surface area contributed by atoms with Crippen molar-refractivity contribution in [3.63, 3.8) is 0 Å². The molecule has 0 bridgehead atoms. The third kappa shape index (κ3) is 3.84. The summed E-state index contributed by atoms with van der Waals surface area (Å²) in [5, 5.41) is 8.14. The quantitative estimate of drug-likeness (QED) is 0.794. The molecule has 0 amide bonds. The van der Waals surface area contributed by atoms with Crippen LogP contribution in [0.3, 0.4) is 0 Å². The highest BCUT2D eigenvalue weighted by Crippen LogP contribution is 2.13. The van der Waals surface area contributed by atoms with Crippen molar-refractivity contribution in [3.05, 3.63) is 35.9 Å². The maximum absolute atomic E-state index is 8.71. The van der Waals surface area contributed by atoms with Crippen LogP contribution in [0.1, 0.15) is 5.56 Å². The molecule has 1 aromatic rings. The minimum atomic E-state index is -0.665. The van der Waals surface area contributed by atoms with Crippen LogP contribution in [0.5, 0.6) is 0 Å². The minimum absolute atomic E-state index is 0.190. The van der Waals surface area contributed by atoms with E-state index in [0.717, 1.165) is 5.56 Å². The van der Waals surface area contributed by atoms with Crippen LogP contribution >= 0.6 is 23.2 Å². The molecule has 0 saturated heterocycles. The fraction of sp³-hybridized carbons (Fsp3) is 0.400. The van der Waals surface area contributed by atoms with E-state index in [4.69, 9.17) is 33.0 Å². The van der Waals surface area contributed by atoms with Gasteiger partial charge in [0.2, 0.25) is 0 Å². The molecule has 1 N–H and O–H groups in total. The average molecular weight is 235 g/mol. The molecule has 14 heavy (non-hydrogen) atoms. The van der Waals surface area contributed by atoms with Crippen LogP contribution in [0.4, 0.5) is 0 Å². The van der Waals surface area contributed by atoms with Gasteiger partial charge in [0.1, 0.15) is 5.56 Å². The van der Waals surface area contributed by atoms with E-state index in [2.05, 4.69) is 0 Å². The van der Waals surface area contributed by atoms with Crippen LogP contribution in [0.15, 0.2) is 30.3 Å². The smallest absolute Gasteiger partial charge is 0.150 e. The Morgan fingerprint density at radius 3 is 2.43 bits per heavy atom. The molecule has 0 aliphatic carbocycles. The summed E-state index contributed by atoms with van der Waals surface area (Å²) in [4.78, 5) is 0. The van der Waals surface area contributed by atoms with Crippen LogP contribution in [0.25, 0.3) is 0 Å². The first-order chi connectivity index (χ1) is 6.74. The number of aliphatic hydroxyl groups is 1. The lowest BCUT2D eigenvalue weighted by Crippen LogP contribution is -2.21. The van der Waals surface area contributed by atoms with Gasteiger partial charge in [-0.3, -0.25) is 0 Å². The summed E-state index contributed by atoms with van der Waals surface area (Å²) in [6, 6.07) is 9.65. The lowest BCUT2D eigenvalue weighted by atomic mass is 10.2. The summed E-state index contributed by atoms with van der Waals surface area (Å²) in [5.41, 5.74) is 0.363. The third-order valence-electron chi connectivity index (χ3n) is 1.71. The second-order valence-corrected chi connectivity index (χ2v) is 3.84. The molecule has 4 heteroatoms. The van der Waals surface area contributed by atoms with Gasteiger partial charge in [0.15, 0.2) is 0 Å². The van der Waals surface area contributed by atoms with E-state index in [9.17, 15) is 0 Å². The van der Waals surface area contributed by atoms with Crippen molar-refractivity contribution in [1.82, 2.24) is 0 Å². The van der Waals surface area contributed by atoms with Gasteiger partial charge in [-0.25, -0.2) is 0 Å². The molecular formula is C10H12Cl2O2. The van der Waals surface area contributed by atoms with Gasteiger partial charge in [-0.1, -0.05) is 41.9 Å². The van der Waals surface area contributed by atoms with Gasteiger partial charge in [-0.15, -0.1) is 11.6 Å². The molecule has 1 aromatic carbocycles. The third-order valence-corrected chi connectivity index (χ3v) is 2.64. The van der Waals surface area contributed by atoms with Crippen molar-refractivity contribution in [2.24, 2.45) is 0 Å². The topological polar surface area (TPSA) is 29.5 Å². The van der Waals surface area contributed by atoms with Gasteiger partial charge in [0.05, 0.1) is 18.6 Å². The Morgan fingerprint density at radius 2 is 1.86 bits per heavy atom. The SMILES string of the molecule is OC[C@@H](Cl)[C@H](Cl)OCc1ccccc1. The molecule has 1 rings (SSSR count). The van der Waals surface area contributed by atoms with Gasteiger partial charge in [0, 0.05) is 0 Å². The van der Waals surface area contributed by atoms with Gasteiger partial charge >= 0.3 is 0 Å². The number of hydrogen-bond donors (Lipinski definition) is 1. The van der Waals surface area contributed by atoms with E-state index < -0.39 is 10.9 Å². The van der Waals surface area contributed by atoms with E-state index in [1.165, 1.54) is 0 Å². The lowest BCUT2D eigenvalue weighted by molar-refractivity contribution is 0.0785. The first-order valence-electron chi connectivity index (χ1n) is 4.28. The summed E-state index contributed by atoms with van der Waals surface area (Å²) < 4.78 is 5.25. The van der Waals surface area contributed by atoms with Crippen molar-refractivity contribution in [2.75, 3.05) is 6.61 Å². The monoisotopic (exact) mass is 234 g/mol. The zero-order valence-electron chi connectivity index (χ0n) is 7.57. The Hall–Kier alpha value is -0.280. The summed E-state index contributed by atoms with van der Waals surface area (Å²) >= 11 is 11.4. The molecule has 0 aliphatic rings. The molecule has 0 unspecified atom stereocenters. The first-order valence-corrected chi connectivity index (χ1v) is 5.16. The van der Waals surface area contributed by atoms with Crippen LogP contribution in [-0.2, 0) is 11.3 Å². The molecule has 0 radical (unpaired) electrons. The van der Waals surface area contributed by atoms with Crippen molar-refractivity contribution < 1.29 is 9.84 Å². The number of hydrogen-bond acceptors (Lipinski definition) is 2. The Bertz CT molecular complexity index is 254. The number of halogens is 2. The van der Waals surface area contributed by atoms with E-state index >= 15 is 0 Å². The fourth-order valence-corrected chi connectivity index (χ4v) is 1.15. The maximum atomic E-state index is 8.71. The zero-order chi connectivity index (χ0) is 10.4. The number of alkyl halides is 2. The van der Waals surface area contributed by atoms with E-state index in [-0.39, 0.29) is 6.61 Å². The van der Waals surface area contributed by atoms with E-state index in [0.29, 0.717) is 6.61 Å². The highest BCUT2D eigenvalue weighted by molar-refractivity contribution is 6.29.